The lowest BCUT2D eigenvalue weighted by Crippen LogP contribution is -2.29. The Morgan fingerprint density at radius 2 is 1.81 bits per heavy atom. The number of carbonyl (C=O) groups is 2. The van der Waals surface area contributed by atoms with E-state index in [1.807, 2.05) is 6.07 Å². The predicted octanol–water partition coefficient (Wildman–Crippen LogP) is 3.57. The van der Waals surface area contributed by atoms with Crippen molar-refractivity contribution in [3.05, 3.63) is 59.7 Å². The summed E-state index contributed by atoms with van der Waals surface area (Å²) in [5, 5.41) is 11.6. The van der Waals surface area contributed by atoms with Gasteiger partial charge in [-0.1, -0.05) is 24.3 Å². The first-order chi connectivity index (χ1) is 12.8. The van der Waals surface area contributed by atoms with Crippen LogP contribution in [0.5, 0.6) is 0 Å². The lowest BCUT2D eigenvalue weighted by atomic mass is 10.1. The number of anilines is 2. The standard InChI is InChI=1S/C19H14F3N3O2/c20-19(21,22)14-6-2-4-8-16(14)25-11-13(9-17(25)26)18(27)24-15-7-3-1-5-12(15)10-23/h1-8,13H,9,11H2,(H,24,27). The van der Waals surface area contributed by atoms with Crippen molar-refractivity contribution >= 4 is 23.2 Å². The van der Waals surface area contributed by atoms with Gasteiger partial charge in [0.2, 0.25) is 11.8 Å². The Kier molecular flexibility index (Phi) is 4.86. The number of hydrogen-bond donors (Lipinski definition) is 1. The molecule has 1 aliphatic rings. The zero-order chi connectivity index (χ0) is 19.6. The third-order valence-corrected chi connectivity index (χ3v) is 4.30. The van der Waals surface area contributed by atoms with Crippen LogP contribution in [0, 0.1) is 17.2 Å². The fourth-order valence-corrected chi connectivity index (χ4v) is 2.99. The zero-order valence-corrected chi connectivity index (χ0v) is 14.0. The van der Waals surface area contributed by atoms with Crippen molar-refractivity contribution in [1.82, 2.24) is 0 Å². The number of benzene rings is 2. The molecule has 1 unspecified atom stereocenters. The third kappa shape index (κ3) is 3.77. The fourth-order valence-electron chi connectivity index (χ4n) is 2.99. The summed E-state index contributed by atoms with van der Waals surface area (Å²) >= 11 is 0. The molecular formula is C19H14F3N3O2. The smallest absolute Gasteiger partial charge is 0.325 e. The van der Waals surface area contributed by atoms with E-state index in [1.165, 1.54) is 24.3 Å². The molecule has 2 aromatic carbocycles. The first kappa shape index (κ1) is 18.5. The summed E-state index contributed by atoms with van der Waals surface area (Å²) in [7, 11) is 0. The topological polar surface area (TPSA) is 73.2 Å². The molecular weight excluding hydrogens is 359 g/mol. The van der Waals surface area contributed by atoms with Crippen molar-refractivity contribution in [2.24, 2.45) is 5.92 Å². The summed E-state index contributed by atoms with van der Waals surface area (Å²) < 4.78 is 39.6. The Bertz CT molecular complexity index is 934. The van der Waals surface area contributed by atoms with Crippen LogP contribution >= 0.6 is 0 Å². The molecule has 8 heteroatoms. The van der Waals surface area contributed by atoms with E-state index >= 15 is 0 Å². The van der Waals surface area contributed by atoms with Crippen molar-refractivity contribution in [1.29, 1.82) is 5.26 Å². The predicted molar refractivity (Wildman–Crippen MR) is 91.7 cm³/mol. The second-order valence-corrected chi connectivity index (χ2v) is 6.07. The second kappa shape index (κ2) is 7.11. The van der Waals surface area contributed by atoms with Gasteiger partial charge >= 0.3 is 6.18 Å². The molecule has 1 N–H and O–H groups in total. The summed E-state index contributed by atoms with van der Waals surface area (Å²) in [6.07, 6.45) is -4.81. The van der Waals surface area contributed by atoms with Gasteiger partial charge in [0.15, 0.2) is 0 Å². The molecule has 0 aliphatic carbocycles. The molecule has 1 heterocycles. The number of nitrogens with one attached hydrogen (secondary N) is 1. The van der Waals surface area contributed by atoms with Crippen molar-refractivity contribution < 1.29 is 22.8 Å². The second-order valence-electron chi connectivity index (χ2n) is 6.07. The van der Waals surface area contributed by atoms with Gasteiger partial charge in [0.1, 0.15) is 6.07 Å². The Labute approximate surface area is 153 Å². The number of rotatable bonds is 3. The lowest BCUT2D eigenvalue weighted by Gasteiger charge is -2.21. The summed E-state index contributed by atoms with van der Waals surface area (Å²) in [5.74, 6) is -1.89. The Balaban J connectivity index is 1.81. The van der Waals surface area contributed by atoms with Gasteiger partial charge in [-0.05, 0) is 24.3 Å². The van der Waals surface area contributed by atoms with Crippen LogP contribution in [0.25, 0.3) is 0 Å². The van der Waals surface area contributed by atoms with Crippen LogP contribution in [-0.4, -0.2) is 18.4 Å². The van der Waals surface area contributed by atoms with Gasteiger partial charge in [-0.3, -0.25) is 9.59 Å². The zero-order valence-electron chi connectivity index (χ0n) is 14.0. The molecule has 0 bridgehead atoms. The first-order valence-corrected chi connectivity index (χ1v) is 8.08. The summed E-state index contributed by atoms with van der Waals surface area (Å²) in [6, 6.07) is 13.1. The maximum atomic E-state index is 13.2. The molecule has 138 valence electrons. The normalized spacial score (nSPS) is 16.9. The van der Waals surface area contributed by atoms with Crippen LogP contribution in [-0.2, 0) is 15.8 Å². The monoisotopic (exact) mass is 373 g/mol. The molecule has 0 aromatic heterocycles. The van der Waals surface area contributed by atoms with E-state index in [-0.39, 0.29) is 24.2 Å². The van der Waals surface area contributed by atoms with E-state index in [0.29, 0.717) is 5.69 Å². The number of halogens is 3. The number of nitriles is 1. The van der Waals surface area contributed by atoms with E-state index in [4.69, 9.17) is 5.26 Å². The molecule has 1 fully saturated rings. The van der Waals surface area contributed by atoms with Gasteiger partial charge in [-0.2, -0.15) is 18.4 Å². The minimum atomic E-state index is -4.61. The highest BCUT2D eigenvalue weighted by atomic mass is 19.4. The largest absolute Gasteiger partial charge is 0.418 e. The molecule has 1 atom stereocenters. The average molecular weight is 373 g/mol. The molecule has 1 aliphatic heterocycles. The van der Waals surface area contributed by atoms with Gasteiger partial charge in [-0.15, -0.1) is 0 Å². The van der Waals surface area contributed by atoms with Crippen molar-refractivity contribution in [2.75, 3.05) is 16.8 Å². The molecule has 27 heavy (non-hydrogen) atoms. The molecule has 2 amide bonds. The van der Waals surface area contributed by atoms with Crippen molar-refractivity contribution in [3.63, 3.8) is 0 Å². The van der Waals surface area contributed by atoms with Gasteiger partial charge in [0, 0.05) is 13.0 Å². The van der Waals surface area contributed by atoms with Crippen molar-refractivity contribution in [3.8, 4) is 6.07 Å². The number of hydrogen-bond acceptors (Lipinski definition) is 3. The van der Waals surface area contributed by atoms with E-state index in [9.17, 15) is 22.8 Å². The van der Waals surface area contributed by atoms with Crippen LogP contribution in [0.4, 0.5) is 24.5 Å². The SMILES string of the molecule is N#Cc1ccccc1NC(=O)C1CC(=O)N(c2ccccc2C(F)(F)F)C1. The van der Waals surface area contributed by atoms with Crippen LogP contribution < -0.4 is 10.2 Å². The molecule has 0 radical (unpaired) electrons. The van der Waals surface area contributed by atoms with Crippen LogP contribution in [0.3, 0.4) is 0 Å². The molecule has 5 nitrogen and oxygen atoms in total. The molecule has 2 aromatic rings. The number of alkyl halides is 3. The molecule has 3 rings (SSSR count). The Morgan fingerprint density at radius 1 is 1.15 bits per heavy atom. The maximum absolute atomic E-state index is 13.2. The van der Waals surface area contributed by atoms with E-state index in [2.05, 4.69) is 5.32 Å². The van der Waals surface area contributed by atoms with Crippen LogP contribution in [0.2, 0.25) is 0 Å². The van der Waals surface area contributed by atoms with Gasteiger partial charge in [-0.25, -0.2) is 0 Å². The minimum Gasteiger partial charge on any atom is -0.325 e. The van der Waals surface area contributed by atoms with Gasteiger partial charge in [0.05, 0.1) is 28.4 Å². The lowest BCUT2D eigenvalue weighted by molar-refractivity contribution is -0.137. The Hall–Kier alpha value is -3.34. The van der Waals surface area contributed by atoms with Crippen molar-refractivity contribution in [2.45, 2.75) is 12.6 Å². The summed E-state index contributed by atoms with van der Waals surface area (Å²) in [5.41, 5.74) is -0.627. The maximum Gasteiger partial charge on any atom is 0.418 e. The highest BCUT2D eigenvalue weighted by Crippen LogP contribution is 2.38. The highest BCUT2D eigenvalue weighted by Gasteiger charge is 2.40. The number of nitrogens with zero attached hydrogens (tertiary/aromatic N) is 2. The Morgan fingerprint density at radius 3 is 2.52 bits per heavy atom. The van der Waals surface area contributed by atoms with E-state index in [1.54, 1.807) is 18.2 Å². The van der Waals surface area contributed by atoms with Gasteiger partial charge < -0.3 is 10.2 Å². The number of amides is 2. The number of carbonyl (C=O) groups excluding carboxylic acids is 2. The van der Waals surface area contributed by atoms with E-state index < -0.39 is 29.5 Å². The van der Waals surface area contributed by atoms with E-state index in [0.717, 1.165) is 11.0 Å². The quantitative estimate of drug-likeness (QED) is 0.894. The average Bonchev–Trinajstić information content (AvgIpc) is 3.03. The summed E-state index contributed by atoms with van der Waals surface area (Å²) in [6.45, 7) is -0.160. The summed E-state index contributed by atoms with van der Waals surface area (Å²) in [4.78, 5) is 25.7. The van der Waals surface area contributed by atoms with Crippen LogP contribution in [0.1, 0.15) is 17.5 Å². The minimum absolute atomic E-state index is 0.160. The third-order valence-electron chi connectivity index (χ3n) is 4.30. The molecule has 0 saturated carbocycles. The van der Waals surface area contributed by atoms with Gasteiger partial charge in [0.25, 0.3) is 0 Å². The highest BCUT2D eigenvalue weighted by molar-refractivity contribution is 6.04. The molecule has 1 saturated heterocycles. The molecule has 0 spiro atoms. The fraction of sp³-hybridized carbons (Fsp3) is 0.211. The van der Waals surface area contributed by atoms with Crippen LogP contribution in [0.15, 0.2) is 48.5 Å². The number of para-hydroxylation sites is 2. The first-order valence-electron chi connectivity index (χ1n) is 8.08.